The fourth-order valence-electron chi connectivity index (χ4n) is 2.90. The topological polar surface area (TPSA) is 118 Å². The summed E-state index contributed by atoms with van der Waals surface area (Å²) in [5, 5.41) is 11.0. The summed E-state index contributed by atoms with van der Waals surface area (Å²) >= 11 is 0. The van der Waals surface area contributed by atoms with E-state index >= 15 is 0 Å². The molecule has 1 atom stereocenters. The molecule has 1 fully saturated rings. The number of para-hydroxylation sites is 2. The molecule has 0 bridgehead atoms. The molecule has 0 spiro atoms. The van der Waals surface area contributed by atoms with Crippen LogP contribution in [0.25, 0.3) is 0 Å². The lowest BCUT2D eigenvalue weighted by Crippen LogP contribution is -2.46. The van der Waals surface area contributed by atoms with Gasteiger partial charge in [0.2, 0.25) is 5.91 Å². The van der Waals surface area contributed by atoms with Crippen molar-refractivity contribution >= 4 is 23.2 Å². The molecule has 26 heavy (non-hydrogen) atoms. The van der Waals surface area contributed by atoms with Gasteiger partial charge in [-0.05, 0) is 31.0 Å². The zero-order chi connectivity index (χ0) is 18.5. The van der Waals surface area contributed by atoms with Crippen molar-refractivity contribution in [3.8, 4) is 0 Å². The number of hydrogen-bond acceptors (Lipinski definition) is 6. The Hall–Kier alpha value is -3.36. The van der Waals surface area contributed by atoms with Crippen molar-refractivity contribution in [1.29, 1.82) is 0 Å². The highest BCUT2D eigenvalue weighted by Crippen LogP contribution is 2.23. The third-order valence-corrected chi connectivity index (χ3v) is 4.23. The number of nitrogens with zero attached hydrogens (tertiary/aromatic N) is 2. The third kappa shape index (κ3) is 3.82. The highest BCUT2D eigenvalue weighted by Gasteiger charge is 2.30. The van der Waals surface area contributed by atoms with Crippen LogP contribution in [0.15, 0.2) is 47.1 Å². The van der Waals surface area contributed by atoms with E-state index in [1.54, 1.807) is 29.2 Å². The first kappa shape index (κ1) is 17.5. The van der Waals surface area contributed by atoms with Gasteiger partial charge in [0.15, 0.2) is 5.76 Å². The van der Waals surface area contributed by atoms with Crippen LogP contribution >= 0.6 is 0 Å². The number of carbonyl (C=O) groups excluding carboxylic acids is 2. The van der Waals surface area contributed by atoms with Crippen molar-refractivity contribution in [3.05, 3.63) is 58.5 Å². The third-order valence-electron chi connectivity index (χ3n) is 4.23. The van der Waals surface area contributed by atoms with Crippen LogP contribution in [0.3, 0.4) is 0 Å². The van der Waals surface area contributed by atoms with Crippen LogP contribution in [0.1, 0.15) is 23.4 Å². The van der Waals surface area contributed by atoms with Gasteiger partial charge in [0.05, 0.1) is 17.1 Å². The molecule has 1 aliphatic rings. The molecule has 3 rings (SSSR count). The van der Waals surface area contributed by atoms with E-state index in [9.17, 15) is 19.7 Å². The van der Waals surface area contributed by atoms with Crippen molar-refractivity contribution in [2.45, 2.75) is 12.8 Å². The van der Waals surface area contributed by atoms with E-state index in [0.717, 1.165) is 0 Å². The molecule has 2 amide bonds. The molecule has 0 saturated carbocycles. The van der Waals surface area contributed by atoms with E-state index in [0.29, 0.717) is 19.4 Å². The van der Waals surface area contributed by atoms with Crippen LogP contribution in [0.2, 0.25) is 0 Å². The SMILES string of the molecule is O=C(NNc1ccccc1[N+](=O)[O-])[C@@H]1CCCN(C(=O)c2ccco2)C1. The van der Waals surface area contributed by atoms with Crippen molar-refractivity contribution < 1.29 is 18.9 Å². The molecular weight excluding hydrogens is 340 g/mol. The van der Waals surface area contributed by atoms with E-state index in [4.69, 9.17) is 4.42 Å². The van der Waals surface area contributed by atoms with E-state index in [2.05, 4.69) is 10.9 Å². The van der Waals surface area contributed by atoms with E-state index in [1.807, 2.05) is 0 Å². The molecule has 2 N–H and O–H groups in total. The maximum Gasteiger partial charge on any atom is 0.294 e. The van der Waals surface area contributed by atoms with Gasteiger partial charge in [-0.2, -0.15) is 0 Å². The lowest BCUT2D eigenvalue weighted by molar-refractivity contribution is -0.384. The molecule has 1 aromatic carbocycles. The predicted molar refractivity (Wildman–Crippen MR) is 92.2 cm³/mol. The number of piperidine rings is 1. The van der Waals surface area contributed by atoms with Crippen molar-refractivity contribution in [1.82, 2.24) is 10.3 Å². The molecule has 136 valence electrons. The first-order chi connectivity index (χ1) is 12.6. The zero-order valence-corrected chi connectivity index (χ0v) is 13.9. The molecule has 9 heteroatoms. The Morgan fingerprint density at radius 1 is 1.23 bits per heavy atom. The summed E-state index contributed by atoms with van der Waals surface area (Å²) in [5.74, 6) is -0.735. The van der Waals surface area contributed by atoms with Crippen LogP contribution in [0, 0.1) is 16.0 Å². The van der Waals surface area contributed by atoms with Gasteiger partial charge < -0.3 is 9.32 Å². The first-order valence-electron chi connectivity index (χ1n) is 8.18. The minimum atomic E-state index is -0.529. The fourth-order valence-corrected chi connectivity index (χ4v) is 2.90. The number of carbonyl (C=O) groups is 2. The fraction of sp³-hybridized carbons (Fsp3) is 0.294. The van der Waals surface area contributed by atoms with Crippen molar-refractivity contribution in [3.63, 3.8) is 0 Å². The molecule has 9 nitrogen and oxygen atoms in total. The Balaban J connectivity index is 1.60. The average Bonchev–Trinajstić information content (AvgIpc) is 3.20. The quantitative estimate of drug-likeness (QED) is 0.625. The minimum Gasteiger partial charge on any atom is -0.459 e. The van der Waals surface area contributed by atoms with Gasteiger partial charge in [-0.15, -0.1) is 0 Å². The standard InChI is InChI=1S/C17H18N4O5/c22-16(19-18-13-6-1-2-7-14(13)21(24)25)12-5-3-9-20(11-12)17(23)15-8-4-10-26-15/h1-2,4,6-8,10,12,18H,3,5,9,11H2,(H,19,22)/t12-/m1/s1. The van der Waals surface area contributed by atoms with Crippen LogP contribution in [0.5, 0.6) is 0 Å². The van der Waals surface area contributed by atoms with Gasteiger partial charge in [-0.1, -0.05) is 12.1 Å². The molecule has 2 aromatic rings. The second-order valence-electron chi connectivity index (χ2n) is 5.96. The van der Waals surface area contributed by atoms with Crippen LogP contribution < -0.4 is 10.9 Å². The van der Waals surface area contributed by atoms with E-state index < -0.39 is 10.8 Å². The molecule has 1 saturated heterocycles. The number of anilines is 1. The molecule has 1 aliphatic heterocycles. The number of nitro benzene ring substituents is 1. The summed E-state index contributed by atoms with van der Waals surface area (Å²) in [6.45, 7) is 0.824. The molecular formula is C17H18N4O5. The lowest BCUT2D eigenvalue weighted by atomic mass is 9.97. The molecule has 0 aliphatic carbocycles. The Morgan fingerprint density at radius 2 is 2.04 bits per heavy atom. The number of rotatable bonds is 5. The van der Waals surface area contributed by atoms with Gasteiger partial charge in [0.1, 0.15) is 5.69 Å². The van der Waals surface area contributed by atoms with Gasteiger partial charge in [0.25, 0.3) is 11.6 Å². The van der Waals surface area contributed by atoms with Gasteiger partial charge in [-0.3, -0.25) is 30.6 Å². The first-order valence-corrected chi connectivity index (χ1v) is 8.18. The maximum atomic E-state index is 12.4. The number of nitro groups is 1. The number of nitrogens with one attached hydrogen (secondary N) is 2. The molecule has 0 unspecified atom stereocenters. The molecule has 2 heterocycles. The second-order valence-corrected chi connectivity index (χ2v) is 5.96. The Bertz CT molecular complexity index is 805. The monoisotopic (exact) mass is 358 g/mol. The number of benzene rings is 1. The average molecular weight is 358 g/mol. The van der Waals surface area contributed by atoms with Crippen LogP contribution in [-0.4, -0.2) is 34.7 Å². The van der Waals surface area contributed by atoms with Crippen LogP contribution in [-0.2, 0) is 4.79 Å². The van der Waals surface area contributed by atoms with Gasteiger partial charge >= 0.3 is 0 Å². The Labute approximate surface area is 149 Å². The van der Waals surface area contributed by atoms with E-state index in [1.165, 1.54) is 18.4 Å². The van der Waals surface area contributed by atoms with Crippen molar-refractivity contribution in [2.75, 3.05) is 18.5 Å². The number of likely N-dealkylation sites (tertiary alicyclic amines) is 1. The van der Waals surface area contributed by atoms with Crippen molar-refractivity contribution in [2.24, 2.45) is 5.92 Å². The number of amides is 2. The molecule has 1 aromatic heterocycles. The Kier molecular flexibility index (Phi) is 5.16. The summed E-state index contributed by atoms with van der Waals surface area (Å²) in [4.78, 5) is 36.8. The predicted octanol–water partition coefficient (Wildman–Crippen LogP) is 2.18. The second kappa shape index (κ2) is 7.68. The van der Waals surface area contributed by atoms with Crippen LogP contribution in [0.4, 0.5) is 11.4 Å². The minimum absolute atomic E-state index is 0.133. The lowest BCUT2D eigenvalue weighted by Gasteiger charge is -2.31. The summed E-state index contributed by atoms with van der Waals surface area (Å²) in [7, 11) is 0. The summed E-state index contributed by atoms with van der Waals surface area (Å²) in [6.07, 6.45) is 2.75. The maximum absolute atomic E-state index is 12.4. The number of hydrogen-bond donors (Lipinski definition) is 2. The zero-order valence-electron chi connectivity index (χ0n) is 13.9. The van der Waals surface area contributed by atoms with E-state index in [-0.39, 0.29) is 35.5 Å². The summed E-state index contributed by atoms with van der Waals surface area (Å²) in [5.41, 5.74) is 5.17. The number of furan rings is 1. The number of hydrazine groups is 1. The smallest absolute Gasteiger partial charge is 0.294 e. The Morgan fingerprint density at radius 3 is 2.77 bits per heavy atom. The highest BCUT2D eigenvalue weighted by atomic mass is 16.6. The summed E-state index contributed by atoms with van der Waals surface area (Å²) in [6, 6.07) is 9.25. The molecule has 0 radical (unpaired) electrons. The van der Waals surface area contributed by atoms with Gasteiger partial charge in [-0.25, -0.2) is 0 Å². The highest BCUT2D eigenvalue weighted by molar-refractivity contribution is 5.92. The summed E-state index contributed by atoms with van der Waals surface area (Å²) < 4.78 is 5.12. The largest absolute Gasteiger partial charge is 0.459 e. The van der Waals surface area contributed by atoms with Gasteiger partial charge in [0, 0.05) is 19.2 Å². The normalized spacial score (nSPS) is 16.8.